The summed E-state index contributed by atoms with van der Waals surface area (Å²) in [5, 5.41) is 2.06. The minimum Gasteiger partial charge on any atom is -0.379 e. The number of ether oxygens (including phenoxy) is 1. The number of nitrogens with one attached hydrogen (secondary N) is 1. The normalized spacial score (nSPS) is 16.6. The van der Waals surface area contributed by atoms with Crippen molar-refractivity contribution in [2.45, 2.75) is 19.8 Å². The fourth-order valence-corrected chi connectivity index (χ4v) is 1.87. The third-order valence-electron chi connectivity index (χ3n) is 2.76. The zero-order valence-corrected chi connectivity index (χ0v) is 11.8. The minimum atomic E-state index is -0.309. The van der Waals surface area contributed by atoms with Crippen LogP contribution in [0.3, 0.4) is 0 Å². The average Bonchev–Trinajstić information content (AvgIpc) is 2.40. The monoisotopic (exact) mass is 284 g/mol. The molecule has 1 amide bonds. The predicted molar refractivity (Wildman–Crippen MR) is 71.0 cm³/mol. The Balaban J connectivity index is 2.11. The maximum absolute atomic E-state index is 12.1. The smallest absolute Gasteiger partial charge is 0.285 e. The molecule has 1 saturated heterocycles. The summed E-state index contributed by atoms with van der Waals surface area (Å²) in [4.78, 5) is 20.5. The second-order valence-corrected chi connectivity index (χ2v) is 5.03. The summed E-state index contributed by atoms with van der Waals surface area (Å²) in [6, 6.07) is 0. The molecule has 7 heteroatoms. The molecule has 1 aliphatic rings. The van der Waals surface area contributed by atoms with Crippen molar-refractivity contribution < 1.29 is 9.53 Å². The largest absolute Gasteiger partial charge is 0.379 e. The molecule has 0 spiro atoms. The van der Waals surface area contributed by atoms with Crippen molar-refractivity contribution in [3.05, 3.63) is 22.7 Å². The molecule has 0 radical (unpaired) electrons. The van der Waals surface area contributed by atoms with Gasteiger partial charge < -0.3 is 4.74 Å². The maximum atomic E-state index is 12.1. The van der Waals surface area contributed by atoms with Gasteiger partial charge in [-0.3, -0.25) is 10.2 Å². The van der Waals surface area contributed by atoms with Gasteiger partial charge in [-0.25, -0.2) is 15.0 Å². The van der Waals surface area contributed by atoms with E-state index in [-0.39, 0.29) is 22.5 Å². The molecule has 0 aliphatic carbocycles. The molecule has 6 nitrogen and oxygen atoms in total. The molecule has 0 atom stereocenters. The van der Waals surface area contributed by atoms with Gasteiger partial charge in [0.15, 0.2) is 5.69 Å². The Morgan fingerprint density at radius 2 is 2.16 bits per heavy atom. The first-order chi connectivity index (χ1) is 9.08. The zero-order valence-electron chi connectivity index (χ0n) is 11.0. The van der Waals surface area contributed by atoms with Gasteiger partial charge in [-0.2, -0.15) is 0 Å². The standard InChI is InChI=1S/C12H17ClN4O2/c1-8(2)11-14-7-9(13)10(15-11)12(18)16-17-3-5-19-6-4-17/h7-8H,3-6H2,1-2H3,(H,16,18). The third kappa shape index (κ3) is 3.62. The number of amides is 1. The van der Waals surface area contributed by atoms with Gasteiger partial charge in [0.2, 0.25) is 0 Å². The van der Waals surface area contributed by atoms with E-state index in [1.807, 2.05) is 13.8 Å². The Kier molecular flexibility index (Phi) is 4.68. The molecule has 2 rings (SSSR count). The number of aromatic nitrogens is 2. The number of carbonyl (C=O) groups is 1. The Labute approximate surface area is 117 Å². The van der Waals surface area contributed by atoms with Gasteiger partial charge >= 0.3 is 0 Å². The number of rotatable bonds is 3. The van der Waals surface area contributed by atoms with Crippen molar-refractivity contribution in [1.29, 1.82) is 0 Å². The Bertz CT molecular complexity index is 461. The van der Waals surface area contributed by atoms with E-state index in [4.69, 9.17) is 16.3 Å². The first kappa shape index (κ1) is 14.2. The highest BCUT2D eigenvalue weighted by molar-refractivity contribution is 6.33. The number of hydrazine groups is 1. The van der Waals surface area contributed by atoms with Crippen LogP contribution in [-0.2, 0) is 4.74 Å². The molecule has 0 bridgehead atoms. The van der Waals surface area contributed by atoms with Gasteiger partial charge in [0.25, 0.3) is 5.91 Å². The molecule has 0 aromatic carbocycles. The second kappa shape index (κ2) is 6.27. The summed E-state index contributed by atoms with van der Waals surface area (Å²) in [5.74, 6) is 0.444. The summed E-state index contributed by atoms with van der Waals surface area (Å²) in [6.45, 7) is 6.46. The van der Waals surface area contributed by atoms with Crippen LogP contribution in [0.2, 0.25) is 5.02 Å². The van der Waals surface area contributed by atoms with Crippen LogP contribution in [0.15, 0.2) is 6.20 Å². The van der Waals surface area contributed by atoms with Crippen LogP contribution in [0.1, 0.15) is 36.1 Å². The van der Waals surface area contributed by atoms with Crippen LogP contribution >= 0.6 is 11.6 Å². The van der Waals surface area contributed by atoms with Gasteiger partial charge in [0.1, 0.15) is 5.82 Å². The Hall–Kier alpha value is -1.24. The van der Waals surface area contributed by atoms with E-state index < -0.39 is 0 Å². The summed E-state index contributed by atoms with van der Waals surface area (Å²) in [7, 11) is 0. The summed E-state index contributed by atoms with van der Waals surface area (Å²) < 4.78 is 5.22. The third-order valence-corrected chi connectivity index (χ3v) is 3.04. The first-order valence-electron chi connectivity index (χ1n) is 6.24. The van der Waals surface area contributed by atoms with E-state index in [1.165, 1.54) is 6.20 Å². The predicted octanol–water partition coefficient (Wildman–Crippen LogP) is 1.23. The second-order valence-electron chi connectivity index (χ2n) is 4.62. The van der Waals surface area contributed by atoms with Crippen LogP contribution in [0.4, 0.5) is 0 Å². The van der Waals surface area contributed by atoms with Crippen LogP contribution in [0.5, 0.6) is 0 Å². The number of halogens is 1. The molecule has 104 valence electrons. The maximum Gasteiger partial charge on any atom is 0.285 e. The van der Waals surface area contributed by atoms with Crippen molar-refractivity contribution >= 4 is 17.5 Å². The fourth-order valence-electron chi connectivity index (χ4n) is 1.69. The number of nitrogens with zero attached hydrogens (tertiary/aromatic N) is 3. The van der Waals surface area contributed by atoms with Crippen LogP contribution < -0.4 is 5.43 Å². The molecule has 1 aromatic heterocycles. The SMILES string of the molecule is CC(C)c1ncc(Cl)c(C(=O)NN2CCOCC2)n1. The van der Waals surface area contributed by atoms with Gasteiger partial charge in [-0.05, 0) is 0 Å². The Morgan fingerprint density at radius 3 is 2.79 bits per heavy atom. The molecule has 1 fully saturated rings. The fraction of sp³-hybridized carbons (Fsp3) is 0.583. The average molecular weight is 285 g/mol. The van der Waals surface area contributed by atoms with Gasteiger partial charge in [0, 0.05) is 19.0 Å². The van der Waals surface area contributed by atoms with Gasteiger partial charge in [0.05, 0.1) is 24.4 Å². The lowest BCUT2D eigenvalue weighted by Gasteiger charge is -2.26. The topological polar surface area (TPSA) is 67.4 Å². The first-order valence-corrected chi connectivity index (χ1v) is 6.62. The van der Waals surface area contributed by atoms with Crippen LogP contribution in [-0.4, -0.2) is 47.2 Å². The quantitative estimate of drug-likeness (QED) is 0.904. The number of morpholine rings is 1. The highest BCUT2D eigenvalue weighted by atomic mass is 35.5. The lowest BCUT2D eigenvalue weighted by atomic mass is 10.2. The van der Waals surface area contributed by atoms with E-state index in [0.717, 1.165) is 0 Å². The molecule has 0 saturated carbocycles. The highest BCUT2D eigenvalue weighted by Crippen LogP contribution is 2.16. The molecule has 1 aliphatic heterocycles. The van der Waals surface area contributed by atoms with E-state index in [9.17, 15) is 4.79 Å². The van der Waals surface area contributed by atoms with Crippen molar-refractivity contribution in [3.63, 3.8) is 0 Å². The summed E-state index contributed by atoms with van der Waals surface area (Å²) in [5.41, 5.74) is 3.00. The molecule has 2 heterocycles. The molecular formula is C12H17ClN4O2. The van der Waals surface area contributed by atoms with Crippen molar-refractivity contribution in [2.75, 3.05) is 26.3 Å². The zero-order chi connectivity index (χ0) is 13.8. The number of hydrogen-bond acceptors (Lipinski definition) is 5. The van der Waals surface area contributed by atoms with Gasteiger partial charge in [-0.15, -0.1) is 0 Å². The summed E-state index contributed by atoms with van der Waals surface area (Å²) in [6.07, 6.45) is 1.47. The summed E-state index contributed by atoms with van der Waals surface area (Å²) >= 11 is 5.98. The molecule has 1 N–H and O–H groups in total. The Morgan fingerprint density at radius 1 is 1.47 bits per heavy atom. The van der Waals surface area contributed by atoms with E-state index in [1.54, 1.807) is 5.01 Å². The number of hydrogen-bond donors (Lipinski definition) is 1. The molecule has 19 heavy (non-hydrogen) atoms. The molecule has 0 unspecified atom stereocenters. The molecule has 1 aromatic rings. The molecular weight excluding hydrogens is 268 g/mol. The van der Waals surface area contributed by atoms with Crippen molar-refractivity contribution in [3.8, 4) is 0 Å². The lowest BCUT2D eigenvalue weighted by Crippen LogP contribution is -2.48. The van der Waals surface area contributed by atoms with Crippen molar-refractivity contribution in [1.82, 2.24) is 20.4 Å². The van der Waals surface area contributed by atoms with Crippen molar-refractivity contribution in [2.24, 2.45) is 0 Å². The van der Waals surface area contributed by atoms with E-state index >= 15 is 0 Å². The van der Waals surface area contributed by atoms with Crippen LogP contribution in [0.25, 0.3) is 0 Å². The number of carbonyl (C=O) groups excluding carboxylic acids is 1. The van der Waals surface area contributed by atoms with Crippen LogP contribution in [0, 0.1) is 0 Å². The van der Waals surface area contributed by atoms with Gasteiger partial charge in [-0.1, -0.05) is 25.4 Å². The minimum absolute atomic E-state index is 0.146. The van der Waals surface area contributed by atoms with E-state index in [2.05, 4.69) is 15.4 Å². The lowest BCUT2D eigenvalue weighted by molar-refractivity contribution is 0.0124. The highest BCUT2D eigenvalue weighted by Gasteiger charge is 2.19. The van der Waals surface area contributed by atoms with E-state index in [0.29, 0.717) is 32.1 Å².